The molecule has 1 aromatic carbocycles. The lowest BCUT2D eigenvalue weighted by atomic mass is 10.0. The summed E-state index contributed by atoms with van der Waals surface area (Å²) >= 11 is 6.37. The summed E-state index contributed by atoms with van der Waals surface area (Å²) < 4.78 is 4.73. The van der Waals surface area contributed by atoms with Crippen LogP contribution >= 0.6 is 24.0 Å². The van der Waals surface area contributed by atoms with Gasteiger partial charge in [-0.1, -0.05) is 29.8 Å². The van der Waals surface area contributed by atoms with E-state index in [0.29, 0.717) is 5.69 Å². The van der Waals surface area contributed by atoms with Gasteiger partial charge in [0.15, 0.2) is 0 Å². The standard InChI is InChI=1S/C17H20ClN3O2.ClH/c1-23-17(22)15-7-6-12(20-15)11-21-9-8-19-10-16(21)13-4-2-3-5-14(13)18;/h2-7,16,19-20H,8-11H2,1H3;1H. The first-order valence-electron chi connectivity index (χ1n) is 7.64. The molecule has 2 N–H and O–H groups in total. The van der Waals surface area contributed by atoms with Crippen LogP contribution in [0.15, 0.2) is 36.4 Å². The molecule has 1 unspecified atom stereocenters. The number of carbonyl (C=O) groups excluding carboxylic acids is 1. The van der Waals surface area contributed by atoms with Crippen LogP contribution in [0.4, 0.5) is 0 Å². The highest BCUT2D eigenvalue weighted by atomic mass is 35.5. The van der Waals surface area contributed by atoms with E-state index in [1.54, 1.807) is 6.07 Å². The fourth-order valence-corrected chi connectivity index (χ4v) is 3.23. The Kier molecular flexibility index (Phi) is 6.69. The summed E-state index contributed by atoms with van der Waals surface area (Å²) in [5.41, 5.74) is 2.59. The van der Waals surface area contributed by atoms with Gasteiger partial charge < -0.3 is 15.0 Å². The Hall–Kier alpha value is -1.53. The Morgan fingerprint density at radius 3 is 2.88 bits per heavy atom. The fourth-order valence-electron chi connectivity index (χ4n) is 2.97. The molecule has 3 rings (SSSR count). The molecule has 1 aliphatic heterocycles. The lowest BCUT2D eigenvalue weighted by molar-refractivity contribution is 0.0594. The first kappa shape index (κ1) is 18.8. The van der Waals surface area contributed by atoms with Crippen molar-refractivity contribution in [2.45, 2.75) is 12.6 Å². The second-order valence-corrected chi connectivity index (χ2v) is 6.01. The third-order valence-electron chi connectivity index (χ3n) is 4.14. The van der Waals surface area contributed by atoms with Gasteiger partial charge in [-0.25, -0.2) is 4.79 Å². The van der Waals surface area contributed by atoms with E-state index in [9.17, 15) is 4.79 Å². The van der Waals surface area contributed by atoms with E-state index in [1.165, 1.54) is 7.11 Å². The highest BCUT2D eigenvalue weighted by Gasteiger charge is 2.25. The Balaban J connectivity index is 0.00000208. The summed E-state index contributed by atoms with van der Waals surface area (Å²) in [7, 11) is 1.38. The van der Waals surface area contributed by atoms with Crippen molar-refractivity contribution >= 4 is 30.0 Å². The van der Waals surface area contributed by atoms with Crippen LogP contribution in [0, 0.1) is 0 Å². The number of halogens is 2. The van der Waals surface area contributed by atoms with Crippen LogP contribution in [0.2, 0.25) is 5.02 Å². The fraction of sp³-hybridized carbons (Fsp3) is 0.353. The Labute approximate surface area is 152 Å². The zero-order valence-electron chi connectivity index (χ0n) is 13.4. The molecule has 130 valence electrons. The normalized spacial score (nSPS) is 18.0. The molecule has 1 aliphatic rings. The first-order chi connectivity index (χ1) is 11.2. The number of nitrogens with zero attached hydrogens (tertiary/aromatic N) is 1. The SMILES string of the molecule is COC(=O)c1ccc(CN2CCNCC2c2ccccc2Cl)[nH]1.Cl. The monoisotopic (exact) mass is 369 g/mol. The molecule has 7 heteroatoms. The van der Waals surface area contributed by atoms with Gasteiger partial charge in [-0.05, 0) is 23.8 Å². The Bertz CT molecular complexity index is 690. The average Bonchev–Trinajstić information content (AvgIpc) is 3.04. The second-order valence-electron chi connectivity index (χ2n) is 5.60. The number of esters is 1. The molecule has 1 fully saturated rings. The Morgan fingerprint density at radius 2 is 2.12 bits per heavy atom. The molecule has 0 bridgehead atoms. The van der Waals surface area contributed by atoms with E-state index < -0.39 is 0 Å². The number of ether oxygens (including phenoxy) is 1. The molecule has 2 aromatic rings. The van der Waals surface area contributed by atoms with Crippen molar-refractivity contribution in [1.82, 2.24) is 15.2 Å². The van der Waals surface area contributed by atoms with Crippen molar-refractivity contribution in [3.8, 4) is 0 Å². The maximum Gasteiger partial charge on any atom is 0.354 e. The van der Waals surface area contributed by atoms with Gasteiger partial charge in [-0.2, -0.15) is 0 Å². The van der Waals surface area contributed by atoms with Crippen molar-refractivity contribution in [3.63, 3.8) is 0 Å². The third kappa shape index (κ3) is 4.11. The number of H-pyrrole nitrogens is 1. The second kappa shape index (κ2) is 8.53. The molecular formula is C17H21Cl2N3O2. The quantitative estimate of drug-likeness (QED) is 0.813. The molecule has 0 radical (unpaired) electrons. The van der Waals surface area contributed by atoms with Gasteiger partial charge in [0.1, 0.15) is 5.69 Å². The van der Waals surface area contributed by atoms with Crippen molar-refractivity contribution in [2.75, 3.05) is 26.7 Å². The molecule has 2 heterocycles. The summed E-state index contributed by atoms with van der Waals surface area (Å²) in [6, 6.07) is 11.8. The van der Waals surface area contributed by atoms with Gasteiger partial charge in [0.25, 0.3) is 0 Å². The largest absolute Gasteiger partial charge is 0.464 e. The molecule has 1 atom stereocenters. The molecule has 5 nitrogen and oxygen atoms in total. The van der Waals surface area contributed by atoms with E-state index in [2.05, 4.69) is 21.3 Å². The van der Waals surface area contributed by atoms with Crippen LogP contribution in [0.5, 0.6) is 0 Å². The molecule has 0 aliphatic carbocycles. The minimum Gasteiger partial charge on any atom is -0.464 e. The number of hydrogen-bond acceptors (Lipinski definition) is 4. The third-order valence-corrected chi connectivity index (χ3v) is 4.49. The average molecular weight is 370 g/mol. The summed E-state index contributed by atoms with van der Waals surface area (Å²) in [5, 5.41) is 4.21. The van der Waals surface area contributed by atoms with E-state index in [-0.39, 0.29) is 24.4 Å². The highest BCUT2D eigenvalue weighted by molar-refractivity contribution is 6.31. The van der Waals surface area contributed by atoms with Crippen LogP contribution in [-0.4, -0.2) is 42.6 Å². The van der Waals surface area contributed by atoms with E-state index in [4.69, 9.17) is 16.3 Å². The summed E-state index contributed by atoms with van der Waals surface area (Å²) in [6.07, 6.45) is 0. The maximum atomic E-state index is 11.6. The van der Waals surface area contributed by atoms with E-state index >= 15 is 0 Å². The predicted molar refractivity (Wildman–Crippen MR) is 96.9 cm³/mol. The highest BCUT2D eigenvalue weighted by Crippen LogP contribution is 2.29. The topological polar surface area (TPSA) is 57.4 Å². The van der Waals surface area contributed by atoms with E-state index in [0.717, 1.165) is 42.5 Å². The first-order valence-corrected chi connectivity index (χ1v) is 8.02. The van der Waals surface area contributed by atoms with Crippen molar-refractivity contribution < 1.29 is 9.53 Å². The molecule has 0 amide bonds. The van der Waals surface area contributed by atoms with Crippen LogP contribution in [0.1, 0.15) is 27.8 Å². The maximum absolute atomic E-state index is 11.6. The summed E-state index contributed by atoms with van der Waals surface area (Å²) in [6.45, 7) is 3.44. The number of carbonyl (C=O) groups is 1. The van der Waals surface area contributed by atoms with Crippen LogP contribution in [-0.2, 0) is 11.3 Å². The smallest absolute Gasteiger partial charge is 0.354 e. The van der Waals surface area contributed by atoms with Gasteiger partial charge in [0.2, 0.25) is 0 Å². The number of aromatic nitrogens is 1. The van der Waals surface area contributed by atoms with Crippen molar-refractivity contribution in [3.05, 3.63) is 58.4 Å². The van der Waals surface area contributed by atoms with Gasteiger partial charge in [0.05, 0.1) is 7.11 Å². The van der Waals surface area contributed by atoms with Gasteiger partial charge in [0, 0.05) is 42.9 Å². The zero-order chi connectivity index (χ0) is 16.2. The predicted octanol–water partition coefficient (Wildman–Crippen LogP) is 3.02. The molecule has 1 aromatic heterocycles. The van der Waals surface area contributed by atoms with Gasteiger partial charge >= 0.3 is 5.97 Å². The molecule has 0 saturated carbocycles. The minimum absolute atomic E-state index is 0. The number of rotatable bonds is 4. The van der Waals surface area contributed by atoms with Crippen LogP contribution in [0.3, 0.4) is 0 Å². The summed E-state index contributed by atoms with van der Waals surface area (Å²) in [4.78, 5) is 17.0. The number of methoxy groups -OCH3 is 1. The number of aromatic amines is 1. The van der Waals surface area contributed by atoms with Gasteiger partial charge in [-0.3, -0.25) is 4.90 Å². The number of nitrogens with one attached hydrogen (secondary N) is 2. The Morgan fingerprint density at radius 1 is 1.33 bits per heavy atom. The lowest BCUT2D eigenvalue weighted by Crippen LogP contribution is -2.45. The van der Waals surface area contributed by atoms with Crippen molar-refractivity contribution in [2.24, 2.45) is 0 Å². The number of piperazine rings is 1. The van der Waals surface area contributed by atoms with Gasteiger partial charge in [-0.15, -0.1) is 12.4 Å². The number of hydrogen-bond donors (Lipinski definition) is 2. The summed E-state index contributed by atoms with van der Waals surface area (Å²) in [5.74, 6) is -0.348. The molecule has 1 saturated heterocycles. The van der Waals surface area contributed by atoms with Crippen molar-refractivity contribution in [1.29, 1.82) is 0 Å². The molecular weight excluding hydrogens is 349 g/mol. The lowest BCUT2D eigenvalue weighted by Gasteiger charge is -2.36. The molecule has 0 spiro atoms. The molecule has 24 heavy (non-hydrogen) atoms. The van der Waals surface area contributed by atoms with Crippen LogP contribution in [0.25, 0.3) is 0 Å². The van der Waals surface area contributed by atoms with E-state index in [1.807, 2.05) is 24.3 Å². The van der Waals surface area contributed by atoms with Crippen LogP contribution < -0.4 is 5.32 Å². The number of benzene rings is 1. The zero-order valence-corrected chi connectivity index (χ0v) is 15.0. The minimum atomic E-state index is -0.348.